The van der Waals surface area contributed by atoms with Gasteiger partial charge in [-0.2, -0.15) is 0 Å². The van der Waals surface area contributed by atoms with Gasteiger partial charge in [0.15, 0.2) is 0 Å². The largest absolute Gasteiger partial charge is 0.327 e. The van der Waals surface area contributed by atoms with E-state index in [-0.39, 0.29) is 11.0 Å². The summed E-state index contributed by atoms with van der Waals surface area (Å²) in [5, 5.41) is -0.108. The third-order valence-electron chi connectivity index (χ3n) is 7.32. The normalized spacial score (nSPS) is 11.9. The van der Waals surface area contributed by atoms with Crippen molar-refractivity contribution in [3.63, 3.8) is 0 Å². The quantitative estimate of drug-likeness (QED) is 0.144. The number of hydrogen-bond donors (Lipinski definition) is 0. The molecule has 0 bridgehead atoms. The molecule has 39 heavy (non-hydrogen) atoms. The van der Waals surface area contributed by atoms with Gasteiger partial charge >= 0.3 is 0 Å². The molecule has 0 spiro atoms. The molecule has 4 heteroatoms. The Morgan fingerprint density at radius 2 is 1.26 bits per heavy atom. The van der Waals surface area contributed by atoms with Crippen LogP contribution < -0.4 is 0 Å². The van der Waals surface area contributed by atoms with E-state index in [9.17, 15) is 0 Å². The Bertz CT molecular complexity index is 1310. The van der Waals surface area contributed by atoms with Crippen LogP contribution in [0.15, 0.2) is 152 Å². The predicted octanol–water partition coefficient (Wildman–Crippen LogP) is 7.52. The summed E-state index contributed by atoms with van der Waals surface area (Å²) in [7, 11) is 5.56. The lowest BCUT2D eigenvalue weighted by Crippen LogP contribution is -2.41. The van der Waals surface area contributed by atoms with E-state index >= 15 is 0 Å². The molecule has 0 fully saturated rings. The van der Waals surface area contributed by atoms with Gasteiger partial charge in [-0.3, -0.25) is 0 Å². The molecule has 0 aliphatic rings. The molecular formula is C35H37BN2Si. The topological polar surface area (TPSA) is 17.8 Å². The first kappa shape index (κ1) is 28.1. The minimum Gasteiger partial charge on any atom is -0.327 e. The highest BCUT2D eigenvalue weighted by molar-refractivity contribution is 6.42. The molecule has 1 heterocycles. The fourth-order valence-corrected chi connectivity index (χ4v) is 7.53. The zero-order valence-corrected chi connectivity index (χ0v) is 24.4. The maximum absolute atomic E-state index is 6.12. The van der Waals surface area contributed by atoms with Crippen molar-refractivity contribution in [1.29, 1.82) is 0 Å². The fraction of sp³-hybridized carbons (Fsp3) is 0.171. The molecule has 194 valence electrons. The summed E-state index contributed by atoms with van der Waals surface area (Å²) in [6.07, 6.45) is 9.54. The lowest BCUT2D eigenvalue weighted by molar-refractivity contribution is 0.592. The number of hydrogen-bond acceptors (Lipinski definition) is 1. The molecule has 2 radical (unpaired) electrons. The lowest BCUT2D eigenvalue weighted by Gasteiger charge is -2.36. The molecule has 0 saturated carbocycles. The van der Waals surface area contributed by atoms with Crippen molar-refractivity contribution in [3.05, 3.63) is 174 Å². The summed E-state index contributed by atoms with van der Waals surface area (Å²) in [6.45, 7) is 4.46. The third-order valence-corrected chi connectivity index (χ3v) is 9.80. The van der Waals surface area contributed by atoms with Gasteiger partial charge in [0.1, 0.15) is 0 Å². The second-order valence-electron chi connectivity index (χ2n) is 9.80. The molecule has 4 aromatic carbocycles. The van der Waals surface area contributed by atoms with E-state index in [4.69, 9.17) is 7.85 Å². The van der Waals surface area contributed by atoms with Crippen LogP contribution in [0.25, 0.3) is 0 Å². The third kappa shape index (κ3) is 7.16. The molecule has 0 aliphatic carbocycles. The first-order valence-electron chi connectivity index (χ1n) is 13.8. The number of benzene rings is 4. The van der Waals surface area contributed by atoms with E-state index in [1.807, 2.05) is 48.9 Å². The molecule has 0 saturated heterocycles. The van der Waals surface area contributed by atoms with Crippen molar-refractivity contribution in [2.24, 2.45) is 0 Å². The van der Waals surface area contributed by atoms with Crippen molar-refractivity contribution >= 4 is 17.4 Å². The highest BCUT2D eigenvalue weighted by Gasteiger charge is 2.35. The highest BCUT2D eigenvalue weighted by Crippen LogP contribution is 2.34. The average molecular weight is 525 g/mol. The number of imidazole rings is 1. The van der Waals surface area contributed by atoms with Gasteiger partial charge in [0, 0.05) is 12.4 Å². The van der Waals surface area contributed by atoms with E-state index in [0.29, 0.717) is 0 Å². The summed E-state index contributed by atoms with van der Waals surface area (Å²) < 4.78 is 2.32. The van der Waals surface area contributed by atoms with Crippen LogP contribution >= 0.6 is 0 Å². The number of nitrogens with zero attached hydrogens (tertiary/aromatic N) is 2. The zero-order chi connectivity index (χ0) is 27.3. The van der Waals surface area contributed by atoms with Gasteiger partial charge < -0.3 is 4.57 Å². The van der Waals surface area contributed by atoms with Crippen molar-refractivity contribution in [2.75, 3.05) is 0 Å². The first-order valence-corrected chi connectivity index (χ1v) is 15.5. The Labute approximate surface area is 237 Å². The highest BCUT2D eigenvalue weighted by atomic mass is 28.2. The fourth-order valence-electron chi connectivity index (χ4n) is 4.98. The molecule has 0 unspecified atom stereocenters. The summed E-state index contributed by atoms with van der Waals surface area (Å²) in [5.74, 6) is -0.0163. The molecule has 0 atom stereocenters. The smallest absolute Gasteiger partial charge is 0.0953 e. The van der Waals surface area contributed by atoms with Gasteiger partial charge in [0.25, 0.3) is 0 Å². The van der Waals surface area contributed by atoms with E-state index < -0.39 is 9.52 Å². The van der Waals surface area contributed by atoms with Gasteiger partial charge in [-0.05, 0) is 47.5 Å². The minimum atomic E-state index is -0.553. The second-order valence-corrected chi connectivity index (χ2v) is 11.9. The molecule has 5 rings (SSSR count). The number of allylic oxidation sites excluding steroid dienone is 2. The van der Waals surface area contributed by atoms with Crippen molar-refractivity contribution in [2.45, 2.75) is 37.3 Å². The minimum absolute atomic E-state index is 0.0163. The zero-order valence-electron chi connectivity index (χ0n) is 23.0. The van der Waals surface area contributed by atoms with Gasteiger partial charge in [-0.15, -0.1) is 0 Å². The van der Waals surface area contributed by atoms with Crippen molar-refractivity contribution in [3.8, 4) is 0 Å². The Hall–Kier alpha value is -3.89. The Morgan fingerprint density at radius 3 is 1.67 bits per heavy atom. The van der Waals surface area contributed by atoms with Crippen LogP contribution in [-0.4, -0.2) is 26.9 Å². The standard InChI is InChI=1S/C22H26N2Si.C13H11B/c1-3-19(2)14-17-25-22(24-16-15-23-18-24,20-10-6-4-7-11-20)21-12-8-5-9-13-21;14-13(11-7-3-1-4-8-11)12-9-5-2-6-10-12/h4-16,18H,3,17,25H2,1-2H3;1-10,13H. The Balaban J connectivity index is 0.000000212. The molecule has 5 aromatic rings. The predicted molar refractivity (Wildman–Crippen MR) is 169 cm³/mol. The van der Waals surface area contributed by atoms with Crippen LogP contribution in [0, 0.1) is 0 Å². The number of rotatable bonds is 9. The van der Waals surface area contributed by atoms with Crippen LogP contribution in [0.4, 0.5) is 0 Å². The van der Waals surface area contributed by atoms with E-state index in [0.717, 1.165) is 17.5 Å². The molecular weight excluding hydrogens is 487 g/mol. The van der Waals surface area contributed by atoms with Gasteiger partial charge in [0.2, 0.25) is 0 Å². The molecule has 2 nitrogen and oxygen atoms in total. The van der Waals surface area contributed by atoms with E-state index in [1.54, 1.807) is 0 Å². The SMILES string of the molecule is CCC(C)=CC[SiH2]C(c1ccccc1)(c1ccccc1)n1ccnc1.[B]C(c1ccccc1)c1ccccc1. The van der Waals surface area contributed by atoms with Crippen molar-refractivity contribution < 1.29 is 0 Å². The van der Waals surface area contributed by atoms with Crippen LogP contribution in [0.3, 0.4) is 0 Å². The molecule has 0 N–H and O–H groups in total. The first-order chi connectivity index (χ1) is 19.1. The van der Waals surface area contributed by atoms with Gasteiger partial charge in [-0.1, -0.05) is 140 Å². The summed E-state index contributed by atoms with van der Waals surface area (Å²) >= 11 is 0. The molecule has 1 aromatic heterocycles. The van der Waals surface area contributed by atoms with Crippen LogP contribution in [-0.2, 0) is 5.16 Å². The molecule has 0 aliphatic heterocycles. The van der Waals surface area contributed by atoms with Crippen molar-refractivity contribution in [1.82, 2.24) is 9.55 Å². The van der Waals surface area contributed by atoms with Gasteiger partial charge in [0.05, 0.1) is 28.9 Å². The van der Waals surface area contributed by atoms with Crippen LogP contribution in [0.2, 0.25) is 6.04 Å². The van der Waals surface area contributed by atoms with E-state index in [2.05, 4.69) is 121 Å². The maximum atomic E-state index is 6.12. The Morgan fingerprint density at radius 1 is 0.795 bits per heavy atom. The monoisotopic (exact) mass is 524 g/mol. The van der Waals surface area contributed by atoms with Gasteiger partial charge in [-0.25, -0.2) is 4.98 Å². The number of aromatic nitrogens is 2. The van der Waals surface area contributed by atoms with E-state index in [1.165, 1.54) is 22.7 Å². The summed E-state index contributed by atoms with van der Waals surface area (Å²) in [4.78, 5) is 4.37. The molecule has 0 amide bonds. The lowest BCUT2D eigenvalue weighted by atomic mass is 9.76. The summed E-state index contributed by atoms with van der Waals surface area (Å²) in [6, 6.07) is 43.2. The maximum Gasteiger partial charge on any atom is 0.0953 e. The van der Waals surface area contributed by atoms with Crippen LogP contribution in [0.1, 0.15) is 48.3 Å². The Kier molecular flexibility index (Phi) is 10.3. The summed E-state index contributed by atoms with van der Waals surface area (Å²) in [5.41, 5.74) is 6.49. The second kappa shape index (κ2) is 14.3. The average Bonchev–Trinajstić information content (AvgIpc) is 3.56. The van der Waals surface area contributed by atoms with Crippen LogP contribution in [0.5, 0.6) is 0 Å².